The van der Waals surface area contributed by atoms with Crippen LogP contribution in [0.15, 0.2) is 102 Å². The summed E-state index contributed by atoms with van der Waals surface area (Å²) in [6.07, 6.45) is -1.73. The molecule has 0 bridgehead atoms. The summed E-state index contributed by atoms with van der Waals surface area (Å²) in [5, 5.41) is 6.96. The molecule has 2 N–H and O–H groups in total. The quantitative estimate of drug-likeness (QED) is 0.173. The van der Waals surface area contributed by atoms with Crippen molar-refractivity contribution in [3.8, 4) is 22.8 Å². The van der Waals surface area contributed by atoms with Gasteiger partial charge in [0.25, 0.3) is 15.9 Å². The standard InChI is InChI=1S/C34H31F3N6O4S/c1-47-28-16-13-25(14-17-28)41-48(45,46)30-22-26(15-18-29(30)42-19-6-3-7-20-42)38-33(44)31-39-32(23-9-4-2-5-10-23)43(40-31)27-12-8-11-24(21-27)34(35,36)37/h2,4-5,8-18,21-22,41H,3,6-7,19-20H2,1H3,(H,38,44). The van der Waals surface area contributed by atoms with E-state index in [0.29, 0.717) is 35.8 Å². The molecule has 14 heteroatoms. The van der Waals surface area contributed by atoms with E-state index in [-0.39, 0.29) is 27.9 Å². The molecule has 0 spiro atoms. The Morgan fingerprint density at radius 1 is 0.854 bits per heavy atom. The molecule has 1 saturated heterocycles. The first-order valence-corrected chi connectivity index (χ1v) is 16.6. The molecule has 1 amide bonds. The van der Waals surface area contributed by atoms with Crippen LogP contribution in [0.3, 0.4) is 0 Å². The van der Waals surface area contributed by atoms with Gasteiger partial charge in [0, 0.05) is 30.0 Å². The minimum atomic E-state index is -4.59. The lowest BCUT2D eigenvalue weighted by molar-refractivity contribution is -0.137. The fourth-order valence-electron chi connectivity index (χ4n) is 5.44. The van der Waals surface area contributed by atoms with Crippen LogP contribution in [0, 0.1) is 0 Å². The lowest BCUT2D eigenvalue weighted by atomic mass is 10.1. The third-order valence-electron chi connectivity index (χ3n) is 7.81. The number of hydrogen-bond acceptors (Lipinski definition) is 7. The van der Waals surface area contributed by atoms with Crippen LogP contribution >= 0.6 is 0 Å². The zero-order chi connectivity index (χ0) is 33.9. The molecule has 1 fully saturated rings. The highest BCUT2D eigenvalue weighted by molar-refractivity contribution is 7.92. The van der Waals surface area contributed by atoms with E-state index in [2.05, 4.69) is 20.1 Å². The van der Waals surface area contributed by atoms with Gasteiger partial charge in [0.2, 0.25) is 5.82 Å². The van der Waals surface area contributed by atoms with Crippen LogP contribution in [0.25, 0.3) is 17.1 Å². The number of nitrogens with zero attached hydrogens (tertiary/aromatic N) is 4. The van der Waals surface area contributed by atoms with E-state index in [1.807, 2.05) is 4.90 Å². The summed E-state index contributed by atoms with van der Waals surface area (Å²) >= 11 is 0. The highest BCUT2D eigenvalue weighted by atomic mass is 32.2. The van der Waals surface area contributed by atoms with Gasteiger partial charge in [0.15, 0.2) is 5.82 Å². The number of benzene rings is 4. The molecule has 1 aromatic heterocycles. The lowest BCUT2D eigenvalue weighted by Gasteiger charge is -2.30. The van der Waals surface area contributed by atoms with Crippen molar-refractivity contribution < 1.29 is 31.1 Å². The maximum Gasteiger partial charge on any atom is 0.416 e. The zero-order valence-corrected chi connectivity index (χ0v) is 26.6. The minimum absolute atomic E-state index is 0.0366. The SMILES string of the molecule is COc1ccc(NS(=O)(=O)c2cc(NC(=O)c3nc(-c4ccccc4)n(-c4cccc(C(F)(F)F)c4)n3)ccc2N2CCCCC2)cc1. The molecule has 5 aromatic rings. The van der Waals surface area contributed by atoms with Crippen LogP contribution in [-0.2, 0) is 16.2 Å². The van der Waals surface area contributed by atoms with Crippen molar-refractivity contribution in [2.45, 2.75) is 30.3 Å². The number of ether oxygens (including phenoxy) is 1. The number of nitrogens with one attached hydrogen (secondary N) is 2. The van der Waals surface area contributed by atoms with E-state index in [4.69, 9.17) is 4.74 Å². The molecule has 10 nitrogen and oxygen atoms in total. The number of hydrogen-bond donors (Lipinski definition) is 2. The number of piperidine rings is 1. The predicted octanol–water partition coefficient (Wildman–Crippen LogP) is 7.01. The Kier molecular flexibility index (Phi) is 9.09. The highest BCUT2D eigenvalue weighted by Gasteiger charge is 2.31. The molecule has 0 unspecified atom stereocenters. The first-order chi connectivity index (χ1) is 23.0. The third-order valence-corrected chi connectivity index (χ3v) is 9.22. The Balaban J connectivity index is 1.35. The van der Waals surface area contributed by atoms with Gasteiger partial charge in [0.1, 0.15) is 10.6 Å². The molecule has 4 aromatic carbocycles. The monoisotopic (exact) mass is 676 g/mol. The molecule has 48 heavy (non-hydrogen) atoms. The highest BCUT2D eigenvalue weighted by Crippen LogP contribution is 2.34. The molecule has 248 valence electrons. The Bertz CT molecular complexity index is 2030. The average molecular weight is 677 g/mol. The topological polar surface area (TPSA) is 118 Å². The van der Waals surface area contributed by atoms with Gasteiger partial charge in [-0.3, -0.25) is 9.52 Å². The first-order valence-electron chi connectivity index (χ1n) is 15.1. The molecular formula is C34H31F3N6O4S. The number of carbonyl (C=O) groups excluding carboxylic acids is 1. The third kappa shape index (κ3) is 7.13. The summed E-state index contributed by atoms with van der Waals surface area (Å²) in [6.45, 7) is 1.35. The van der Waals surface area contributed by atoms with Gasteiger partial charge < -0.3 is 15.0 Å². The van der Waals surface area contributed by atoms with Crippen LogP contribution in [0.1, 0.15) is 35.4 Å². The van der Waals surface area contributed by atoms with E-state index in [1.54, 1.807) is 66.7 Å². The van der Waals surface area contributed by atoms with Crippen LogP contribution in [0.2, 0.25) is 0 Å². The summed E-state index contributed by atoms with van der Waals surface area (Å²) in [6, 6.07) is 24.2. The molecular weight excluding hydrogens is 645 g/mol. The molecule has 0 aliphatic carbocycles. The average Bonchev–Trinajstić information content (AvgIpc) is 3.55. The van der Waals surface area contributed by atoms with Crippen LogP contribution < -0.4 is 19.7 Å². The normalized spacial score (nSPS) is 13.6. The zero-order valence-electron chi connectivity index (χ0n) is 25.7. The van der Waals surface area contributed by atoms with Gasteiger partial charge in [0.05, 0.1) is 24.0 Å². The van der Waals surface area contributed by atoms with Gasteiger partial charge in [-0.25, -0.2) is 18.1 Å². The first kappa shape index (κ1) is 32.6. The number of aromatic nitrogens is 3. The molecule has 1 aliphatic rings. The minimum Gasteiger partial charge on any atom is -0.497 e. The van der Waals surface area contributed by atoms with Crippen LogP contribution in [-0.4, -0.2) is 49.3 Å². The van der Waals surface area contributed by atoms with Crippen molar-refractivity contribution in [1.82, 2.24) is 14.8 Å². The number of rotatable bonds is 9. The summed E-state index contributed by atoms with van der Waals surface area (Å²) in [5.74, 6) is -0.397. The van der Waals surface area contributed by atoms with Gasteiger partial charge in [-0.1, -0.05) is 36.4 Å². The van der Waals surface area contributed by atoms with Crippen molar-refractivity contribution in [3.63, 3.8) is 0 Å². The predicted molar refractivity (Wildman–Crippen MR) is 176 cm³/mol. The van der Waals surface area contributed by atoms with Gasteiger partial charge >= 0.3 is 6.18 Å². The Hall–Kier alpha value is -5.37. The van der Waals surface area contributed by atoms with E-state index >= 15 is 0 Å². The summed E-state index contributed by atoms with van der Waals surface area (Å²) in [7, 11) is -2.63. The molecule has 0 radical (unpaired) electrons. The van der Waals surface area contributed by atoms with E-state index < -0.39 is 27.7 Å². The van der Waals surface area contributed by atoms with Gasteiger partial charge in [-0.05, 0) is 79.9 Å². The fraction of sp³-hybridized carbons (Fsp3) is 0.206. The largest absolute Gasteiger partial charge is 0.497 e. The van der Waals surface area contributed by atoms with Crippen molar-refractivity contribution >= 4 is 33.0 Å². The Morgan fingerprint density at radius 3 is 2.25 bits per heavy atom. The Labute approximate surface area is 275 Å². The lowest BCUT2D eigenvalue weighted by Crippen LogP contribution is -2.31. The maximum atomic E-state index is 13.8. The number of alkyl halides is 3. The van der Waals surface area contributed by atoms with Crippen LogP contribution in [0.4, 0.5) is 30.2 Å². The van der Waals surface area contributed by atoms with Crippen LogP contribution in [0.5, 0.6) is 5.75 Å². The number of halogens is 3. The molecule has 0 atom stereocenters. The molecule has 2 heterocycles. The molecule has 0 saturated carbocycles. The number of amides is 1. The number of anilines is 3. The smallest absolute Gasteiger partial charge is 0.416 e. The fourth-order valence-corrected chi connectivity index (χ4v) is 6.75. The van der Waals surface area contributed by atoms with E-state index in [9.17, 15) is 26.4 Å². The second-order valence-corrected chi connectivity index (χ2v) is 12.8. The number of carbonyl (C=O) groups is 1. The maximum absolute atomic E-state index is 13.8. The second kappa shape index (κ2) is 13.4. The summed E-state index contributed by atoms with van der Waals surface area (Å²) < 4.78 is 77.2. The number of methoxy groups -OCH3 is 1. The summed E-state index contributed by atoms with van der Waals surface area (Å²) in [5.41, 5.74) is 0.669. The van der Waals surface area contributed by atoms with Crippen molar-refractivity contribution in [2.24, 2.45) is 0 Å². The van der Waals surface area contributed by atoms with Gasteiger partial charge in [-0.2, -0.15) is 13.2 Å². The second-order valence-electron chi connectivity index (χ2n) is 11.1. The molecule has 1 aliphatic heterocycles. The van der Waals surface area contributed by atoms with Crippen molar-refractivity contribution in [1.29, 1.82) is 0 Å². The molecule has 6 rings (SSSR count). The Morgan fingerprint density at radius 2 is 1.56 bits per heavy atom. The van der Waals surface area contributed by atoms with Crippen molar-refractivity contribution in [3.05, 3.63) is 108 Å². The summed E-state index contributed by atoms with van der Waals surface area (Å²) in [4.78, 5) is 19.9. The van der Waals surface area contributed by atoms with Gasteiger partial charge in [-0.15, -0.1) is 5.10 Å². The van der Waals surface area contributed by atoms with E-state index in [1.165, 1.54) is 30.0 Å². The number of sulfonamides is 1. The van der Waals surface area contributed by atoms with Crippen molar-refractivity contribution in [2.75, 3.05) is 35.1 Å². The van der Waals surface area contributed by atoms with E-state index in [0.717, 1.165) is 31.4 Å².